The van der Waals surface area contributed by atoms with Gasteiger partial charge in [-0.25, -0.2) is 0 Å². The summed E-state index contributed by atoms with van der Waals surface area (Å²) in [4.78, 5) is 0. The van der Waals surface area contributed by atoms with Crippen LogP contribution in [0.25, 0.3) is 77.2 Å². The standard InChI is InChI=1S/C42H28N2/c1-2-12-29(13-3-1)30-14-10-15-31(26-30)32-16-11-17-33(27-32)43-41-23-9-6-20-37(41)38-28-34(24-25-42(38)43)44-39-21-7-4-18-35(39)36-19-5-8-22-40(36)44/h1-28H/i1D,6D,9D,11D,12D,13D,14D,15D,20D,23D,24D,25D,26D,28D. The molecule has 0 saturated heterocycles. The van der Waals surface area contributed by atoms with E-state index < -0.39 is 24.2 Å². The van der Waals surface area contributed by atoms with Crippen LogP contribution in [0, 0.1) is 0 Å². The van der Waals surface area contributed by atoms with Gasteiger partial charge in [-0.1, -0.05) is 115 Å². The Balaban J connectivity index is 1.40. The molecule has 0 bridgehead atoms. The Morgan fingerprint density at radius 3 is 1.82 bits per heavy atom. The van der Waals surface area contributed by atoms with Crippen LogP contribution in [0.3, 0.4) is 0 Å². The van der Waals surface area contributed by atoms with Gasteiger partial charge >= 0.3 is 0 Å². The monoisotopic (exact) mass is 574 g/mol. The molecule has 2 heteroatoms. The van der Waals surface area contributed by atoms with Gasteiger partial charge in [0.25, 0.3) is 0 Å². The van der Waals surface area contributed by atoms with Gasteiger partial charge in [-0.2, -0.15) is 0 Å². The molecule has 0 atom stereocenters. The fraction of sp³-hybridized carbons (Fsp3) is 0. The quantitative estimate of drug-likeness (QED) is 0.198. The van der Waals surface area contributed by atoms with Crippen LogP contribution >= 0.6 is 0 Å². The summed E-state index contributed by atoms with van der Waals surface area (Å²) in [6.07, 6.45) is 0. The lowest BCUT2D eigenvalue weighted by Gasteiger charge is -2.12. The van der Waals surface area contributed by atoms with Crippen molar-refractivity contribution in [1.82, 2.24) is 9.13 Å². The molecule has 0 aliphatic carbocycles. The van der Waals surface area contributed by atoms with Crippen LogP contribution in [0.1, 0.15) is 19.2 Å². The molecule has 0 radical (unpaired) electrons. The summed E-state index contributed by atoms with van der Waals surface area (Å²) in [5.41, 5.74) is 1.15. The van der Waals surface area contributed by atoms with Gasteiger partial charge in [-0.05, 0) is 76.7 Å². The van der Waals surface area contributed by atoms with Crippen LogP contribution in [0.5, 0.6) is 0 Å². The van der Waals surface area contributed by atoms with Crippen molar-refractivity contribution in [1.29, 1.82) is 0 Å². The highest BCUT2D eigenvalue weighted by Crippen LogP contribution is 2.37. The number of hydrogen-bond acceptors (Lipinski definition) is 0. The molecule has 0 aliphatic heterocycles. The maximum Gasteiger partial charge on any atom is 0.0652 e. The Kier molecular flexibility index (Phi) is 3.26. The van der Waals surface area contributed by atoms with Crippen molar-refractivity contribution in [3.8, 4) is 33.6 Å². The van der Waals surface area contributed by atoms with E-state index in [4.69, 9.17) is 13.7 Å². The lowest BCUT2D eigenvalue weighted by molar-refractivity contribution is 1.17. The van der Waals surface area contributed by atoms with Gasteiger partial charge in [0.2, 0.25) is 0 Å². The third kappa shape index (κ3) is 3.82. The summed E-state index contributed by atoms with van der Waals surface area (Å²) in [6, 6.07) is 18.0. The maximum absolute atomic E-state index is 9.76. The van der Waals surface area contributed by atoms with Crippen LogP contribution in [0.15, 0.2) is 170 Å². The zero-order valence-corrected chi connectivity index (χ0v) is 23.0. The van der Waals surface area contributed by atoms with Crippen LogP contribution in [0.2, 0.25) is 0 Å². The molecule has 0 spiro atoms. The second-order valence-corrected chi connectivity index (χ2v) is 10.3. The second kappa shape index (κ2) is 9.86. The van der Waals surface area contributed by atoms with Crippen molar-refractivity contribution >= 4 is 43.6 Å². The number of fused-ring (bicyclic) bond motifs is 6. The highest BCUT2D eigenvalue weighted by molar-refractivity contribution is 6.12. The van der Waals surface area contributed by atoms with Gasteiger partial charge in [0, 0.05) is 32.9 Å². The van der Waals surface area contributed by atoms with E-state index in [0.29, 0.717) is 11.0 Å². The van der Waals surface area contributed by atoms with Crippen LogP contribution < -0.4 is 0 Å². The van der Waals surface area contributed by atoms with Crippen molar-refractivity contribution in [2.45, 2.75) is 0 Å². The number of aromatic nitrogens is 2. The highest BCUT2D eigenvalue weighted by atomic mass is 15.0. The molecule has 0 fully saturated rings. The summed E-state index contributed by atoms with van der Waals surface area (Å²) in [5.74, 6) is 0. The van der Waals surface area contributed by atoms with E-state index in [9.17, 15) is 5.48 Å². The van der Waals surface area contributed by atoms with E-state index in [-0.39, 0.29) is 116 Å². The molecule has 0 aliphatic rings. The van der Waals surface area contributed by atoms with Gasteiger partial charge in [-0.15, -0.1) is 0 Å². The largest absolute Gasteiger partial charge is 0.309 e. The number of hydrogen-bond donors (Lipinski definition) is 0. The van der Waals surface area contributed by atoms with E-state index in [0.717, 1.165) is 10.8 Å². The molecule has 0 N–H and O–H groups in total. The fourth-order valence-corrected chi connectivity index (χ4v) is 5.89. The highest BCUT2D eigenvalue weighted by Gasteiger charge is 2.16. The number of para-hydroxylation sites is 3. The lowest BCUT2D eigenvalue weighted by atomic mass is 9.99. The first-order chi connectivity index (χ1) is 27.6. The molecule has 2 aromatic heterocycles. The van der Waals surface area contributed by atoms with Gasteiger partial charge in [0.15, 0.2) is 0 Å². The molecule has 0 amide bonds. The SMILES string of the molecule is [2H]c1cc(-c2c([2H])cc([2H])c(-c3c([2H])cc([2H])cc3[2H])c2[2H])cc(-n2c3c([2H])c([2H])c([2H])c([2H])c3c3c([2H])c(-n4c5ccccc5c5ccccc54)c([2H])c([2H])c32)c1. The molecular formula is C42H28N2. The van der Waals surface area contributed by atoms with Crippen LogP contribution in [-0.2, 0) is 0 Å². The number of nitrogens with zero attached hydrogens (tertiary/aromatic N) is 2. The van der Waals surface area contributed by atoms with E-state index in [2.05, 4.69) is 0 Å². The second-order valence-electron chi connectivity index (χ2n) is 10.3. The van der Waals surface area contributed by atoms with E-state index >= 15 is 0 Å². The molecule has 0 saturated carbocycles. The minimum Gasteiger partial charge on any atom is -0.309 e. The minimum absolute atomic E-state index is 0.0104. The van der Waals surface area contributed by atoms with Crippen molar-refractivity contribution in [2.75, 3.05) is 0 Å². The Morgan fingerprint density at radius 2 is 1.02 bits per heavy atom. The Morgan fingerprint density at radius 1 is 0.364 bits per heavy atom. The summed E-state index contributed by atoms with van der Waals surface area (Å²) in [5, 5.41) is 1.63. The molecule has 44 heavy (non-hydrogen) atoms. The van der Waals surface area contributed by atoms with E-state index in [1.807, 2.05) is 48.5 Å². The van der Waals surface area contributed by atoms with Crippen molar-refractivity contribution in [2.24, 2.45) is 0 Å². The first kappa shape index (κ1) is 14.5. The molecule has 9 aromatic rings. The molecular weight excluding hydrogens is 532 g/mol. The first-order valence-electron chi connectivity index (χ1n) is 21.0. The van der Waals surface area contributed by atoms with Crippen molar-refractivity contribution in [3.05, 3.63) is 170 Å². The topological polar surface area (TPSA) is 9.86 Å². The minimum atomic E-state index is -0.579. The smallest absolute Gasteiger partial charge is 0.0652 e. The third-order valence-electron chi connectivity index (χ3n) is 7.80. The normalized spacial score (nSPS) is 16.1. The zero-order chi connectivity index (χ0) is 41.2. The number of rotatable bonds is 4. The predicted octanol–water partition coefficient (Wildman–Crippen LogP) is 11.2. The van der Waals surface area contributed by atoms with Crippen LogP contribution in [-0.4, -0.2) is 9.13 Å². The summed E-state index contributed by atoms with van der Waals surface area (Å²) in [7, 11) is 0. The first-order valence-corrected chi connectivity index (χ1v) is 14.0. The summed E-state index contributed by atoms with van der Waals surface area (Å²) < 4.78 is 128. The Bertz CT molecular complexity index is 3220. The summed E-state index contributed by atoms with van der Waals surface area (Å²) in [6.45, 7) is 0. The Hall–Kier alpha value is -5.86. The Labute approximate surface area is 275 Å². The molecule has 0 unspecified atom stereocenters. The van der Waals surface area contributed by atoms with Gasteiger partial charge < -0.3 is 9.13 Å². The van der Waals surface area contributed by atoms with Gasteiger partial charge in [-0.3, -0.25) is 0 Å². The molecule has 2 heterocycles. The van der Waals surface area contributed by atoms with Gasteiger partial charge in [0.1, 0.15) is 0 Å². The fourth-order valence-electron chi connectivity index (χ4n) is 5.89. The maximum atomic E-state index is 9.76. The third-order valence-corrected chi connectivity index (χ3v) is 7.80. The van der Waals surface area contributed by atoms with Crippen molar-refractivity contribution < 1.29 is 19.2 Å². The van der Waals surface area contributed by atoms with Gasteiger partial charge in [0.05, 0.1) is 41.3 Å². The summed E-state index contributed by atoms with van der Waals surface area (Å²) >= 11 is 0. The van der Waals surface area contributed by atoms with Crippen molar-refractivity contribution in [3.63, 3.8) is 0 Å². The zero-order valence-electron chi connectivity index (χ0n) is 37.0. The lowest BCUT2D eigenvalue weighted by Crippen LogP contribution is -1.96. The van der Waals surface area contributed by atoms with E-state index in [1.165, 1.54) is 41.0 Å². The molecule has 2 nitrogen and oxygen atoms in total. The predicted molar refractivity (Wildman–Crippen MR) is 186 cm³/mol. The van der Waals surface area contributed by atoms with E-state index in [1.54, 1.807) is 4.57 Å². The molecule has 7 aromatic carbocycles. The molecule has 206 valence electrons. The van der Waals surface area contributed by atoms with Crippen LogP contribution in [0.4, 0.5) is 0 Å². The average molecular weight is 575 g/mol. The molecule has 9 rings (SSSR count). The number of benzene rings is 7. The average Bonchev–Trinajstić information content (AvgIpc) is 3.71.